The van der Waals surface area contributed by atoms with Gasteiger partial charge in [-0.15, -0.1) is 0 Å². The Balaban J connectivity index is 1.50. The first-order valence-electron chi connectivity index (χ1n) is 12.1. The van der Waals surface area contributed by atoms with Crippen molar-refractivity contribution in [3.63, 3.8) is 0 Å². The summed E-state index contributed by atoms with van der Waals surface area (Å²) in [6.07, 6.45) is 7.53. The van der Waals surface area contributed by atoms with Crippen LogP contribution >= 0.6 is 0 Å². The molecule has 0 aliphatic heterocycles. The number of rotatable bonds is 5. The summed E-state index contributed by atoms with van der Waals surface area (Å²) in [5, 5.41) is 14.7. The van der Waals surface area contributed by atoms with Gasteiger partial charge in [-0.1, -0.05) is 13.0 Å². The summed E-state index contributed by atoms with van der Waals surface area (Å²) in [5.41, 5.74) is 4.65. The Morgan fingerprint density at radius 1 is 1.16 bits per heavy atom. The van der Waals surface area contributed by atoms with Gasteiger partial charge in [0.25, 0.3) is 0 Å². The molecule has 2 saturated carbocycles. The van der Waals surface area contributed by atoms with Gasteiger partial charge in [-0.2, -0.15) is 18.3 Å². The Morgan fingerprint density at radius 2 is 1.94 bits per heavy atom. The van der Waals surface area contributed by atoms with E-state index in [1.165, 1.54) is 30.4 Å². The number of hydrogen-bond donors (Lipinski definition) is 1. The molecule has 2 fully saturated rings. The van der Waals surface area contributed by atoms with E-state index in [-0.39, 0.29) is 12.5 Å². The molecule has 0 aromatic carbocycles. The number of alkyl halides is 3. The van der Waals surface area contributed by atoms with Crippen LogP contribution in [0.1, 0.15) is 87.7 Å². The second-order valence-corrected chi connectivity index (χ2v) is 10.4. The Morgan fingerprint density at radius 3 is 2.66 bits per heavy atom. The van der Waals surface area contributed by atoms with E-state index in [9.17, 15) is 18.3 Å². The van der Waals surface area contributed by atoms with Gasteiger partial charge in [0, 0.05) is 30.0 Å². The summed E-state index contributed by atoms with van der Waals surface area (Å²) in [7, 11) is 0. The second kappa shape index (κ2) is 8.47. The molecule has 3 aliphatic carbocycles. The number of allylic oxidation sites excluding steroid dienone is 2. The third-order valence-corrected chi connectivity index (χ3v) is 7.69. The SMILES string of the molecule is C[C@H](Cc1ncc2c(C3=C[C@@H]4CC[C@H](C3)C4)cc(C3CCC(O)CC3)n2n1)CC(F)(F)F. The summed E-state index contributed by atoms with van der Waals surface area (Å²) in [4.78, 5) is 4.49. The van der Waals surface area contributed by atoms with E-state index < -0.39 is 18.5 Å². The fourth-order valence-electron chi connectivity index (χ4n) is 6.15. The van der Waals surface area contributed by atoms with Gasteiger partial charge >= 0.3 is 6.18 Å². The van der Waals surface area contributed by atoms with Crippen LogP contribution in [0.2, 0.25) is 0 Å². The second-order valence-electron chi connectivity index (χ2n) is 10.4. The van der Waals surface area contributed by atoms with Crippen LogP contribution in [0.25, 0.3) is 11.1 Å². The van der Waals surface area contributed by atoms with Crippen LogP contribution < -0.4 is 0 Å². The maximum atomic E-state index is 12.8. The van der Waals surface area contributed by atoms with Crippen molar-refractivity contribution in [3.05, 3.63) is 35.4 Å². The number of nitrogens with zero attached hydrogens (tertiary/aromatic N) is 3. The zero-order valence-electron chi connectivity index (χ0n) is 18.6. The van der Waals surface area contributed by atoms with Gasteiger partial charge < -0.3 is 5.11 Å². The molecule has 0 amide bonds. The third kappa shape index (κ3) is 4.59. The minimum atomic E-state index is -4.18. The van der Waals surface area contributed by atoms with Crippen molar-refractivity contribution in [1.82, 2.24) is 14.6 Å². The van der Waals surface area contributed by atoms with Crippen LogP contribution in [0.3, 0.4) is 0 Å². The van der Waals surface area contributed by atoms with Crippen molar-refractivity contribution in [1.29, 1.82) is 0 Å². The van der Waals surface area contributed by atoms with Gasteiger partial charge in [0.15, 0.2) is 0 Å². The van der Waals surface area contributed by atoms with Crippen molar-refractivity contribution in [2.75, 3.05) is 0 Å². The fraction of sp³-hybridized carbons (Fsp3) is 0.680. The number of aliphatic hydroxyl groups is 1. The van der Waals surface area contributed by atoms with Gasteiger partial charge in [0.1, 0.15) is 5.82 Å². The van der Waals surface area contributed by atoms with Crippen LogP contribution in [0, 0.1) is 17.8 Å². The lowest BCUT2D eigenvalue weighted by atomic mass is 9.84. The maximum absolute atomic E-state index is 12.8. The smallest absolute Gasteiger partial charge is 0.389 e. The molecule has 1 N–H and O–H groups in total. The molecule has 2 bridgehead atoms. The van der Waals surface area contributed by atoms with E-state index >= 15 is 0 Å². The minimum Gasteiger partial charge on any atom is -0.393 e. The molecule has 0 saturated heterocycles. The van der Waals surface area contributed by atoms with Gasteiger partial charge in [-0.3, -0.25) is 0 Å². The van der Waals surface area contributed by atoms with Crippen molar-refractivity contribution < 1.29 is 18.3 Å². The zero-order chi connectivity index (χ0) is 22.5. The lowest BCUT2D eigenvalue weighted by Gasteiger charge is -2.25. The molecule has 174 valence electrons. The largest absolute Gasteiger partial charge is 0.393 e. The molecule has 7 heteroatoms. The molecule has 0 radical (unpaired) electrons. The Bertz CT molecular complexity index is 1000. The molecule has 2 aromatic rings. The standard InChI is InChI=1S/C25H32F3N3O/c1-15(13-25(26,27)28)8-24-29-14-23-21(19-10-16-2-3-17(9-16)11-19)12-22(31(23)30-24)18-4-6-20(32)7-5-18/h10,12,14-18,20,32H,2-9,11,13H2,1H3/t15-,16-,17+,18?,20?/m1/s1. The highest BCUT2D eigenvalue weighted by molar-refractivity contribution is 5.80. The van der Waals surface area contributed by atoms with Crippen LogP contribution in [-0.2, 0) is 6.42 Å². The molecule has 3 atom stereocenters. The molecule has 32 heavy (non-hydrogen) atoms. The molecular formula is C25H32F3N3O. The van der Waals surface area contributed by atoms with Crippen LogP contribution in [0.4, 0.5) is 13.2 Å². The van der Waals surface area contributed by atoms with Crippen LogP contribution in [-0.4, -0.2) is 32.0 Å². The van der Waals surface area contributed by atoms with E-state index in [4.69, 9.17) is 5.10 Å². The topological polar surface area (TPSA) is 50.4 Å². The van der Waals surface area contributed by atoms with E-state index in [1.807, 2.05) is 10.7 Å². The molecular weight excluding hydrogens is 415 g/mol. The summed E-state index contributed by atoms with van der Waals surface area (Å²) in [5.74, 6) is 1.62. The van der Waals surface area contributed by atoms with Crippen molar-refractivity contribution in [2.24, 2.45) is 17.8 Å². The Labute approximate surface area is 186 Å². The van der Waals surface area contributed by atoms with E-state index in [0.717, 1.165) is 49.2 Å². The van der Waals surface area contributed by atoms with Gasteiger partial charge in [0.05, 0.1) is 17.8 Å². The molecule has 0 spiro atoms. The minimum absolute atomic E-state index is 0.207. The summed E-state index contributed by atoms with van der Waals surface area (Å²) >= 11 is 0. The maximum Gasteiger partial charge on any atom is 0.389 e. The number of aliphatic hydroxyl groups excluding tert-OH is 1. The molecule has 2 heterocycles. The van der Waals surface area contributed by atoms with Gasteiger partial charge in [-0.05, 0) is 80.8 Å². The average Bonchev–Trinajstić information content (AvgIpc) is 3.26. The molecule has 4 nitrogen and oxygen atoms in total. The average molecular weight is 448 g/mol. The number of hydrogen-bond acceptors (Lipinski definition) is 3. The first-order valence-corrected chi connectivity index (χ1v) is 12.1. The fourth-order valence-corrected chi connectivity index (χ4v) is 6.15. The molecule has 3 aliphatic rings. The molecule has 5 rings (SSSR count). The summed E-state index contributed by atoms with van der Waals surface area (Å²) in [6.45, 7) is 1.61. The normalized spacial score (nSPS) is 29.3. The number of halogens is 3. The summed E-state index contributed by atoms with van der Waals surface area (Å²) < 4.78 is 40.4. The lowest BCUT2D eigenvalue weighted by Crippen LogP contribution is -2.19. The monoisotopic (exact) mass is 447 g/mol. The highest BCUT2D eigenvalue weighted by atomic mass is 19.4. The zero-order valence-corrected chi connectivity index (χ0v) is 18.6. The predicted molar refractivity (Wildman–Crippen MR) is 117 cm³/mol. The van der Waals surface area contributed by atoms with Crippen molar-refractivity contribution in [2.45, 2.75) is 89.3 Å². The van der Waals surface area contributed by atoms with E-state index in [1.54, 1.807) is 6.92 Å². The van der Waals surface area contributed by atoms with E-state index in [0.29, 0.717) is 17.7 Å². The Kier molecular flexibility index (Phi) is 5.81. The molecule has 2 aromatic heterocycles. The summed E-state index contributed by atoms with van der Waals surface area (Å²) in [6, 6.07) is 2.26. The highest BCUT2D eigenvalue weighted by Crippen LogP contribution is 2.46. The van der Waals surface area contributed by atoms with Crippen molar-refractivity contribution >= 4 is 11.1 Å². The van der Waals surface area contributed by atoms with Crippen molar-refractivity contribution in [3.8, 4) is 0 Å². The van der Waals surface area contributed by atoms with E-state index in [2.05, 4.69) is 17.1 Å². The number of aromatic nitrogens is 3. The number of fused-ring (bicyclic) bond motifs is 3. The highest BCUT2D eigenvalue weighted by Gasteiger charge is 2.33. The Hall–Kier alpha value is -1.89. The third-order valence-electron chi connectivity index (χ3n) is 7.69. The first kappa shape index (κ1) is 21.9. The van der Waals surface area contributed by atoms with Gasteiger partial charge in [0.2, 0.25) is 0 Å². The predicted octanol–water partition coefficient (Wildman–Crippen LogP) is 6.08. The van der Waals surface area contributed by atoms with Crippen LogP contribution in [0.5, 0.6) is 0 Å². The molecule has 0 unspecified atom stereocenters. The van der Waals surface area contributed by atoms with Gasteiger partial charge in [-0.25, -0.2) is 9.50 Å². The lowest BCUT2D eigenvalue weighted by molar-refractivity contribution is -0.143. The quantitative estimate of drug-likeness (QED) is 0.604. The van der Waals surface area contributed by atoms with Crippen LogP contribution in [0.15, 0.2) is 18.3 Å². The first-order chi connectivity index (χ1) is 15.2.